The van der Waals surface area contributed by atoms with Crippen molar-refractivity contribution >= 4 is 29.0 Å². The minimum absolute atomic E-state index is 0.0428. The highest BCUT2D eigenvalue weighted by atomic mass is 35.5. The molecule has 2 unspecified atom stereocenters. The summed E-state index contributed by atoms with van der Waals surface area (Å²) in [5.74, 6) is 0.918. The third-order valence-electron chi connectivity index (χ3n) is 2.88. The van der Waals surface area contributed by atoms with E-state index in [-0.39, 0.29) is 11.9 Å². The highest BCUT2D eigenvalue weighted by molar-refractivity contribution is 7.03. The standard InChI is InChI=1S/C9H12ClN3OS/c1-6-2-3-13(8(6)4-10)9(14)7-5-15-12-11-7/h5-6,8H,2-4H2,1H3. The number of likely N-dealkylation sites (tertiary alicyclic amines) is 1. The molecule has 1 aromatic rings. The van der Waals surface area contributed by atoms with Crippen molar-refractivity contribution in [2.45, 2.75) is 19.4 Å². The molecule has 0 aromatic carbocycles. The van der Waals surface area contributed by atoms with E-state index in [2.05, 4.69) is 16.5 Å². The van der Waals surface area contributed by atoms with Crippen LogP contribution >= 0.6 is 23.1 Å². The van der Waals surface area contributed by atoms with Gasteiger partial charge in [0.05, 0.1) is 0 Å². The lowest BCUT2D eigenvalue weighted by molar-refractivity contribution is 0.0731. The number of hydrogen-bond acceptors (Lipinski definition) is 4. The number of carbonyl (C=O) groups excluding carboxylic acids is 1. The molecule has 2 atom stereocenters. The first kappa shape index (κ1) is 10.8. The normalized spacial score (nSPS) is 25.9. The Balaban J connectivity index is 2.14. The van der Waals surface area contributed by atoms with E-state index in [4.69, 9.17) is 11.6 Å². The first-order chi connectivity index (χ1) is 7.24. The van der Waals surface area contributed by atoms with E-state index >= 15 is 0 Å². The highest BCUT2D eigenvalue weighted by Gasteiger charge is 2.34. The lowest BCUT2D eigenvalue weighted by Gasteiger charge is -2.23. The highest BCUT2D eigenvalue weighted by Crippen LogP contribution is 2.26. The molecule has 15 heavy (non-hydrogen) atoms. The Bertz CT molecular complexity index is 343. The topological polar surface area (TPSA) is 46.1 Å². The van der Waals surface area contributed by atoms with Gasteiger partial charge in [-0.2, -0.15) is 0 Å². The van der Waals surface area contributed by atoms with Crippen molar-refractivity contribution in [3.8, 4) is 0 Å². The zero-order valence-corrected chi connectivity index (χ0v) is 9.96. The first-order valence-electron chi connectivity index (χ1n) is 4.88. The molecule has 6 heteroatoms. The predicted octanol–water partition coefficient (Wildman–Crippen LogP) is 1.63. The summed E-state index contributed by atoms with van der Waals surface area (Å²) < 4.78 is 3.70. The number of hydrogen-bond donors (Lipinski definition) is 0. The van der Waals surface area contributed by atoms with Crippen LogP contribution in [0.5, 0.6) is 0 Å². The summed E-state index contributed by atoms with van der Waals surface area (Å²) in [5, 5.41) is 5.47. The van der Waals surface area contributed by atoms with E-state index in [9.17, 15) is 4.79 Å². The maximum atomic E-state index is 12.0. The van der Waals surface area contributed by atoms with Gasteiger partial charge in [-0.15, -0.1) is 16.7 Å². The average molecular weight is 246 g/mol. The Labute approximate surface area is 97.4 Å². The molecule has 4 nitrogen and oxygen atoms in total. The van der Waals surface area contributed by atoms with Crippen molar-refractivity contribution in [3.05, 3.63) is 11.1 Å². The molecule has 0 aliphatic carbocycles. The number of aromatic nitrogens is 2. The molecule has 1 aliphatic rings. The van der Waals surface area contributed by atoms with E-state index in [1.54, 1.807) is 5.38 Å². The number of nitrogens with zero attached hydrogens (tertiary/aromatic N) is 3. The van der Waals surface area contributed by atoms with Gasteiger partial charge in [0.25, 0.3) is 5.91 Å². The monoisotopic (exact) mass is 245 g/mol. The molecular weight excluding hydrogens is 234 g/mol. The molecule has 0 N–H and O–H groups in total. The van der Waals surface area contributed by atoms with Crippen LogP contribution in [0, 0.1) is 5.92 Å². The zero-order chi connectivity index (χ0) is 10.8. The second-order valence-corrected chi connectivity index (χ2v) is 4.69. The number of rotatable bonds is 2. The fourth-order valence-electron chi connectivity index (χ4n) is 1.90. The quantitative estimate of drug-likeness (QED) is 0.744. The van der Waals surface area contributed by atoms with Crippen LogP contribution in [0.4, 0.5) is 0 Å². The van der Waals surface area contributed by atoms with Crippen molar-refractivity contribution in [1.82, 2.24) is 14.5 Å². The molecule has 2 rings (SSSR count). The van der Waals surface area contributed by atoms with Crippen LogP contribution in [0.15, 0.2) is 5.38 Å². The van der Waals surface area contributed by atoms with Crippen LogP contribution in [0.25, 0.3) is 0 Å². The van der Waals surface area contributed by atoms with Gasteiger partial charge in [-0.25, -0.2) is 0 Å². The Morgan fingerprint density at radius 1 is 1.80 bits per heavy atom. The van der Waals surface area contributed by atoms with E-state index < -0.39 is 0 Å². The number of carbonyl (C=O) groups is 1. The van der Waals surface area contributed by atoms with Gasteiger partial charge in [0.15, 0.2) is 5.69 Å². The van der Waals surface area contributed by atoms with Crippen LogP contribution in [0.3, 0.4) is 0 Å². The van der Waals surface area contributed by atoms with Gasteiger partial charge in [-0.1, -0.05) is 11.4 Å². The number of alkyl halides is 1. The molecule has 0 bridgehead atoms. The Morgan fingerprint density at radius 3 is 3.20 bits per heavy atom. The van der Waals surface area contributed by atoms with Crippen LogP contribution in [-0.4, -0.2) is 38.9 Å². The summed E-state index contributed by atoms with van der Waals surface area (Å²) in [5.41, 5.74) is 0.434. The lowest BCUT2D eigenvalue weighted by Crippen LogP contribution is -2.38. The molecule has 1 amide bonds. The molecule has 82 valence electrons. The molecule has 0 radical (unpaired) electrons. The van der Waals surface area contributed by atoms with E-state index in [0.29, 0.717) is 17.5 Å². The van der Waals surface area contributed by atoms with Crippen molar-refractivity contribution in [2.24, 2.45) is 5.92 Å². The second-order valence-electron chi connectivity index (χ2n) is 3.78. The summed E-state index contributed by atoms with van der Waals surface area (Å²) >= 11 is 7.07. The molecule has 1 fully saturated rings. The van der Waals surface area contributed by atoms with Gasteiger partial charge in [-0.3, -0.25) is 4.79 Å². The summed E-state index contributed by atoms with van der Waals surface area (Å²) in [4.78, 5) is 13.8. The van der Waals surface area contributed by atoms with Gasteiger partial charge >= 0.3 is 0 Å². The Morgan fingerprint density at radius 2 is 2.60 bits per heavy atom. The average Bonchev–Trinajstić information content (AvgIpc) is 2.85. The third kappa shape index (κ3) is 1.99. The zero-order valence-electron chi connectivity index (χ0n) is 8.39. The second kappa shape index (κ2) is 4.45. The largest absolute Gasteiger partial charge is 0.333 e. The van der Waals surface area contributed by atoms with Crippen LogP contribution < -0.4 is 0 Å². The fraction of sp³-hybridized carbons (Fsp3) is 0.667. The summed E-state index contributed by atoms with van der Waals surface area (Å²) in [6.07, 6.45) is 1.01. The summed E-state index contributed by atoms with van der Waals surface area (Å²) in [6, 6.07) is 0.140. The molecule has 1 saturated heterocycles. The third-order valence-corrected chi connectivity index (χ3v) is 3.70. The van der Waals surface area contributed by atoms with Crippen LogP contribution in [0.1, 0.15) is 23.8 Å². The summed E-state index contributed by atoms with van der Waals surface area (Å²) in [7, 11) is 0. The van der Waals surface area contributed by atoms with E-state index in [1.807, 2.05) is 4.90 Å². The minimum atomic E-state index is -0.0428. The fourth-order valence-corrected chi connectivity index (χ4v) is 2.80. The smallest absolute Gasteiger partial charge is 0.275 e. The van der Waals surface area contributed by atoms with Gasteiger partial charge in [0.2, 0.25) is 0 Å². The van der Waals surface area contributed by atoms with Gasteiger partial charge in [0.1, 0.15) is 0 Å². The van der Waals surface area contributed by atoms with Crippen molar-refractivity contribution in [1.29, 1.82) is 0 Å². The summed E-state index contributed by atoms with van der Waals surface area (Å²) in [6.45, 7) is 2.90. The number of amides is 1. The van der Waals surface area contributed by atoms with Gasteiger partial charge < -0.3 is 4.90 Å². The lowest BCUT2D eigenvalue weighted by atomic mass is 10.1. The van der Waals surface area contributed by atoms with E-state index in [1.165, 1.54) is 11.5 Å². The molecule has 0 spiro atoms. The molecule has 1 aliphatic heterocycles. The van der Waals surface area contributed by atoms with Crippen molar-refractivity contribution in [3.63, 3.8) is 0 Å². The first-order valence-corrected chi connectivity index (χ1v) is 6.25. The SMILES string of the molecule is CC1CCN(C(=O)c2csnn2)C1CCl. The minimum Gasteiger partial charge on any atom is -0.333 e. The maximum absolute atomic E-state index is 12.0. The van der Waals surface area contributed by atoms with Crippen LogP contribution in [0.2, 0.25) is 0 Å². The van der Waals surface area contributed by atoms with Crippen LogP contribution in [-0.2, 0) is 0 Å². The molecule has 2 heterocycles. The predicted molar refractivity (Wildman–Crippen MR) is 59.2 cm³/mol. The molecular formula is C9H12ClN3OS. The maximum Gasteiger partial charge on any atom is 0.275 e. The Kier molecular flexibility index (Phi) is 3.21. The Hall–Kier alpha value is -0.680. The molecule has 0 saturated carbocycles. The van der Waals surface area contributed by atoms with Gasteiger partial charge in [0, 0.05) is 23.8 Å². The van der Waals surface area contributed by atoms with Crippen molar-refractivity contribution in [2.75, 3.05) is 12.4 Å². The van der Waals surface area contributed by atoms with Gasteiger partial charge in [-0.05, 0) is 23.9 Å². The molecule has 1 aromatic heterocycles. The van der Waals surface area contributed by atoms with E-state index in [0.717, 1.165) is 13.0 Å². The van der Waals surface area contributed by atoms with Crippen molar-refractivity contribution < 1.29 is 4.79 Å². The number of halogens is 1.